The summed E-state index contributed by atoms with van der Waals surface area (Å²) in [5.41, 5.74) is 0.441. The molecule has 0 aliphatic heterocycles. The minimum absolute atomic E-state index is 0.00217. The summed E-state index contributed by atoms with van der Waals surface area (Å²) in [7, 11) is -2.08. The van der Waals surface area contributed by atoms with Crippen molar-refractivity contribution < 1.29 is 22.8 Å². The molecular weight excluding hydrogens is 310 g/mol. The number of hydrogen-bond donors (Lipinski definition) is 3. The van der Waals surface area contributed by atoms with Crippen molar-refractivity contribution in [1.29, 1.82) is 0 Å². The highest BCUT2D eigenvalue weighted by atomic mass is 32.2. The van der Waals surface area contributed by atoms with Crippen molar-refractivity contribution in [2.75, 3.05) is 24.7 Å². The molecule has 8 nitrogen and oxygen atoms in total. The molecule has 0 radical (unpaired) electrons. The first-order chi connectivity index (χ1) is 10.4. The Hall–Kier alpha value is -2.39. The van der Waals surface area contributed by atoms with Crippen molar-refractivity contribution in [3.8, 4) is 11.3 Å². The smallest absolute Gasteiger partial charge is 0.343 e. The van der Waals surface area contributed by atoms with Gasteiger partial charge in [0, 0.05) is 12.1 Å². The molecule has 0 fully saturated rings. The number of nitrogens with zero attached hydrogens (tertiary/aromatic N) is 1. The third kappa shape index (κ3) is 3.62. The summed E-state index contributed by atoms with van der Waals surface area (Å²) in [6, 6.07) is 8.68. The van der Waals surface area contributed by atoms with Crippen molar-refractivity contribution in [2.45, 2.75) is 0 Å². The van der Waals surface area contributed by atoms with Crippen molar-refractivity contribution >= 4 is 21.8 Å². The monoisotopic (exact) mass is 325 g/mol. The summed E-state index contributed by atoms with van der Waals surface area (Å²) in [4.78, 5) is 11.4. The number of rotatable bonds is 7. The zero-order valence-corrected chi connectivity index (χ0v) is 12.6. The molecule has 0 amide bonds. The SMILES string of the molecule is CNS(=O)(=O)CCNc1noc(-c2ccccc2)c1C(=O)O. The lowest BCUT2D eigenvalue weighted by molar-refractivity contribution is 0.0698. The van der Waals surface area contributed by atoms with Crippen LogP contribution in [0.4, 0.5) is 5.82 Å². The lowest BCUT2D eigenvalue weighted by Crippen LogP contribution is -2.26. The topological polar surface area (TPSA) is 122 Å². The number of hydrogen-bond acceptors (Lipinski definition) is 6. The number of anilines is 1. The van der Waals surface area contributed by atoms with Crippen LogP contribution in [-0.4, -0.2) is 44.0 Å². The highest BCUT2D eigenvalue weighted by molar-refractivity contribution is 7.89. The Morgan fingerprint density at radius 2 is 2.00 bits per heavy atom. The van der Waals surface area contributed by atoms with Crippen molar-refractivity contribution in [3.05, 3.63) is 35.9 Å². The molecule has 0 aliphatic rings. The third-order valence-corrected chi connectivity index (χ3v) is 4.28. The van der Waals surface area contributed by atoms with Crippen LogP contribution in [0, 0.1) is 0 Å². The van der Waals surface area contributed by atoms with E-state index in [1.165, 1.54) is 7.05 Å². The molecule has 0 saturated heterocycles. The Balaban J connectivity index is 2.23. The molecule has 1 heterocycles. The molecule has 0 atom stereocenters. The van der Waals surface area contributed by atoms with Crippen LogP contribution in [-0.2, 0) is 10.0 Å². The van der Waals surface area contributed by atoms with Gasteiger partial charge in [0.05, 0.1) is 5.75 Å². The molecule has 118 valence electrons. The molecule has 22 heavy (non-hydrogen) atoms. The van der Waals surface area contributed by atoms with Crippen LogP contribution in [0.15, 0.2) is 34.9 Å². The average molecular weight is 325 g/mol. The number of carbonyl (C=O) groups is 1. The quantitative estimate of drug-likeness (QED) is 0.694. The van der Waals surface area contributed by atoms with Crippen LogP contribution in [0.25, 0.3) is 11.3 Å². The van der Waals surface area contributed by atoms with E-state index < -0.39 is 16.0 Å². The van der Waals surface area contributed by atoms with E-state index in [-0.39, 0.29) is 29.4 Å². The van der Waals surface area contributed by atoms with Crippen LogP contribution < -0.4 is 10.0 Å². The standard InChI is InChI=1S/C13H15N3O5S/c1-14-22(19,20)8-7-15-12-10(13(17)18)11(21-16-12)9-5-3-2-4-6-9/h2-6,14H,7-8H2,1H3,(H,15,16)(H,17,18). The first-order valence-corrected chi connectivity index (χ1v) is 8.03. The fourth-order valence-electron chi connectivity index (χ4n) is 1.80. The van der Waals surface area contributed by atoms with Gasteiger partial charge >= 0.3 is 5.97 Å². The van der Waals surface area contributed by atoms with Gasteiger partial charge in [0.1, 0.15) is 0 Å². The second-order valence-corrected chi connectivity index (χ2v) is 6.40. The Morgan fingerprint density at radius 1 is 1.32 bits per heavy atom. The molecule has 3 N–H and O–H groups in total. The predicted octanol–water partition coefficient (Wildman–Crippen LogP) is 1.00. The Bertz CT molecular complexity index is 755. The summed E-state index contributed by atoms with van der Waals surface area (Å²) in [5.74, 6) is -1.31. The summed E-state index contributed by atoms with van der Waals surface area (Å²) < 4.78 is 29.9. The van der Waals surface area contributed by atoms with Gasteiger partial charge in [-0.25, -0.2) is 17.9 Å². The van der Waals surface area contributed by atoms with Gasteiger partial charge in [-0.1, -0.05) is 35.5 Å². The number of benzene rings is 1. The minimum Gasteiger partial charge on any atom is -0.477 e. The minimum atomic E-state index is -3.39. The van der Waals surface area contributed by atoms with Crippen molar-refractivity contribution in [2.24, 2.45) is 0 Å². The maximum atomic E-state index is 11.4. The van der Waals surface area contributed by atoms with Gasteiger partial charge in [0.2, 0.25) is 10.0 Å². The lowest BCUT2D eigenvalue weighted by atomic mass is 10.1. The molecule has 2 aromatic rings. The largest absolute Gasteiger partial charge is 0.477 e. The maximum Gasteiger partial charge on any atom is 0.343 e. The first-order valence-electron chi connectivity index (χ1n) is 6.38. The first kappa shape index (κ1) is 16.0. The van der Waals surface area contributed by atoms with Crippen LogP contribution in [0.5, 0.6) is 0 Å². The van der Waals surface area contributed by atoms with E-state index in [1.807, 2.05) is 0 Å². The summed E-state index contributed by atoms with van der Waals surface area (Å²) in [6.45, 7) is 0.00418. The molecule has 0 spiro atoms. The number of carboxylic acid groups (broad SMARTS) is 1. The zero-order valence-electron chi connectivity index (χ0n) is 11.7. The van der Waals surface area contributed by atoms with Gasteiger partial charge in [0.25, 0.3) is 0 Å². The molecule has 1 aromatic carbocycles. The van der Waals surface area contributed by atoms with Crippen molar-refractivity contribution in [3.63, 3.8) is 0 Å². The fraction of sp³-hybridized carbons (Fsp3) is 0.231. The number of carboxylic acids is 1. The Labute approximate surface area is 127 Å². The molecular formula is C13H15N3O5S. The van der Waals surface area contributed by atoms with E-state index in [9.17, 15) is 18.3 Å². The highest BCUT2D eigenvalue weighted by Crippen LogP contribution is 2.29. The normalized spacial score (nSPS) is 11.3. The third-order valence-electron chi connectivity index (χ3n) is 2.92. The molecule has 0 aliphatic carbocycles. The number of aromatic carboxylic acids is 1. The van der Waals surface area contributed by atoms with Gasteiger partial charge in [-0.05, 0) is 7.05 Å². The summed E-state index contributed by atoms with van der Waals surface area (Å²) >= 11 is 0. The van der Waals surface area contributed by atoms with Gasteiger partial charge in [-0.2, -0.15) is 0 Å². The van der Waals surface area contributed by atoms with Crippen LogP contribution in [0.3, 0.4) is 0 Å². The van der Waals surface area contributed by atoms with Crippen LogP contribution in [0.2, 0.25) is 0 Å². The van der Waals surface area contributed by atoms with Gasteiger partial charge < -0.3 is 14.9 Å². The van der Waals surface area contributed by atoms with E-state index in [2.05, 4.69) is 15.2 Å². The number of nitrogens with one attached hydrogen (secondary N) is 2. The van der Waals surface area contributed by atoms with Crippen LogP contribution in [0.1, 0.15) is 10.4 Å². The molecule has 9 heteroatoms. The van der Waals surface area contributed by atoms with E-state index in [4.69, 9.17) is 4.52 Å². The van der Waals surface area contributed by atoms with Crippen LogP contribution >= 0.6 is 0 Å². The number of sulfonamides is 1. The second-order valence-electron chi connectivity index (χ2n) is 4.36. The van der Waals surface area contributed by atoms with E-state index in [0.717, 1.165) is 0 Å². The summed E-state index contributed by atoms with van der Waals surface area (Å²) in [5, 5.41) is 15.7. The molecule has 2 rings (SSSR count). The van der Waals surface area contributed by atoms with Crippen molar-refractivity contribution in [1.82, 2.24) is 9.88 Å². The van der Waals surface area contributed by atoms with Gasteiger partial charge in [-0.15, -0.1) is 0 Å². The molecule has 0 unspecified atom stereocenters. The molecule has 0 bridgehead atoms. The maximum absolute atomic E-state index is 11.4. The fourth-order valence-corrected chi connectivity index (χ4v) is 2.38. The molecule has 1 aromatic heterocycles. The lowest BCUT2D eigenvalue weighted by Gasteiger charge is -2.04. The predicted molar refractivity (Wildman–Crippen MR) is 80.2 cm³/mol. The number of aromatic nitrogens is 1. The van der Waals surface area contributed by atoms with E-state index in [0.29, 0.717) is 5.56 Å². The average Bonchev–Trinajstić information content (AvgIpc) is 2.92. The zero-order chi connectivity index (χ0) is 16.2. The van der Waals surface area contributed by atoms with E-state index >= 15 is 0 Å². The van der Waals surface area contributed by atoms with E-state index in [1.54, 1.807) is 30.3 Å². The van der Waals surface area contributed by atoms with Gasteiger partial charge in [-0.3, -0.25) is 0 Å². The Kier molecular flexibility index (Phi) is 4.78. The Morgan fingerprint density at radius 3 is 2.59 bits per heavy atom. The summed E-state index contributed by atoms with van der Waals surface area (Å²) in [6.07, 6.45) is 0. The highest BCUT2D eigenvalue weighted by Gasteiger charge is 2.23. The van der Waals surface area contributed by atoms with Gasteiger partial charge in [0.15, 0.2) is 17.1 Å². The molecule has 0 saturated carbocycles. The second kappa shape index (κ2) is 6.58.